The van der Waals surface area contributed by atoms with Gasteiger partial charge in [0.05, 0.1) is 6.42 Å². The maximum absolute atomic E-state index is 10.3. The van der Waals surface area contributed by atoms with Crippen LogP contribution in [-0.4, -0.2) is 55.7 Å². The lowest BCUT2D eigenvalue weighted by molar-refractivity contribution is -0.137. The fraction of sp³-hybridized carbons (Fsp3) is 0.875. The van der Waals surface area contributed by atoms with Crippen LogP contribution in [0.15, 0.2) is 0 Å². The van der Waals surface area contributed by atoms with Gasteiger partial charge in [-0.1, -0.05) is 0 Å². The van der Waals surface area contributed by atoms with Gasteiger partial charge in [-0.05, 0) is 7.05 Å². The zero-order chi connectivity index (χ0) is 10.1. The summed E-state index contributed by atoms with van der Waals surface area (Å²) in [6, 6.07) is 0. The van der Waals surface area contributed by atoms with Crippen LogP contribution in [0.5, 0.6) is 0 Å². The minimum atomic E-state index is -0.758. The third kappa shape index (κ3) is 7.70. The summed E-state index contributed by atoms with van der Waals surface area (Å²) in [5.41, 5.74) is 5.40. The SMILES string of the molecule is CNCCN(CCN)CCC(=O)O. The first-order chi connectivity index (χ1) is 6.20. The molecule has 4 N–H and O–H groups in total. The average molecular weight is 189 g/mol. The first kappa shape index (κ1) is 12.3. The molecular weight excluding hydrogens is 170 g/mol. The molecule has 0 aliphatic heterocycles. The van der Waals surface area contributed by atoms with E-state index in [9.17, 15) is 4.79 Å². The van der Waals surface area contributed by atoms with Gasteiger partial charge < -0.3 is 21.1 Å². The molecule has 0 saturated carbocycles. The number of aliphatic carboxylic acids is 1. The molecule has 0 aliphatic carbocycles. The molecule has 0 bridgehead atoms. The zero-order valence-corrected chi connectivity index (χ0v) is 8.12. The molecule has 0 radical (unpaired) electrons. The van der Waals surface area contributed by atoms with Gasteiger partial charge in [-0.25, -0.2) is 0 Å². The predicted octanol–water partition coefficient (Wildman–Crippen LogP) is -1.06. The lowest BCUT2D eigenvalue weighted by Gasteiger charge is -2.20. The van der Waals surface area contributed by atoms with Crippen molar-refractivity contribution in [1.82, 2.24) is 10.2 Å². The van der Waals surface area contributed by atoms with E-state index in [0.29, 0.717) is 13.1 Å². The molecule has 0 amide bonds. The van der Waals surface area contributed by atoms with E-state index in [-0.39, 0.29) is 6.42 Å². The first-order valence-corrected chi connectivity index (χ1v) is 4.49. The highest BCUT2D eigenvalue weighted by atomic mass is 16.4. The van der Waals surface area contributed by atoms with Gasteiger partial charge in [-0.15, -0.1) is 0 Å². The Balaban J connectivity index is 3.59. The largest absolute Gasteiger partial charge is 0.481 e. The van der Waals surface area contributed by atoms with Crippen molar-refractivity contribution < 1.29 is 9.90 Å². The van der Waals surface area contributed by atoms with Gasteiger partial charge in [0.15, 0.2) is 0 Å². The van der Waals surface area contributed by atoms with Crippen molar-refractivity contribution in [2.75, 3.05) is 39.8 Å². The van der Waals surface area contributed by atoms with Crippen molar-refractivity contribution in [1.29, 1.82) is 0 Å². The summed E-state index contributed by atoms with van der Waals surface area (Å²) in [6.45, 7) is 3.62. The number of carboxylic acids is 1. The summed E-state index contributed by atoms with van der Waals surface area (Å²) in [6.07, 6.45) is 0.184. The molecule has 0 aliphatic rings. The van der Waals surface area contributed by atoms with E-state index in [2.05, 4.69) is 5.32 Å². The lowest BCUT2D eigenvalue weighted by Crippen LogP contribution is -2.36. The number of hydrogen-bond acceptors (Lipinski definition) is 4. The highest BCUT2D eigenvalue weighted by Gasteiger charge is 2.05. The van der Waals surface area contributed by atoms with Crippen LogP contribution < -0.4 is 11.1 Å². The Morgan fingerprint density at radius 2 is 2.15 bits per heavy atom. The minimum absolute atomic E-state index is 0.184. The van der Waals surface area contributed by atoms with Crippen LogP contribution in [0, 0.1) is 0 Å². The van der Waals surface area contributed by atoms with Crippen molar-refractivity contribution in [2.45, 2.75) is 6.42 Å². The molecule has 5 nitrogen and oxygen atoms in total. The van der Waals surface area contributed by atoms with Crippen LogP contribution in [0.1, 0.15) is 6.42 Å². The number of carbonyl (C=O) groups is 1. The van der Waals surface area contributed by atoms with Crippen molar-refractivity contribution in [3.8, 4) is 0 Å². The number of nitrogens with zero attached hydrogens (tertiary/aromatic N) is 1. The summed E-state index contributed by atoms with van der Waals surface area (Å²) in [5, 5.41) is 11.5. The summed E-state index contributed by atoms with van der Waals surface area (Å²) in [7, 11) is 1.87. The van der Waals surface area contributed by atoms with Crippen molar-refractivity contribution in [3.63, 3.8) is 0 Å². The van der Waals surface area contributed by atoms with Gasteiger partial charge in [0, 0.05) is 32.7 Å². The number of carboxylic acid groups (broad SMARTS) is 1. The first-order valence-electron chi connectivity index (χ1n) is 4.49. The van der Waals surface area contributed by atoms with Crippen molar-refractivity contribution >= 4 is 5.97 Å². The Morgan fingerprint density at radius 3 is 2.62 bits per heavy atom. The number of rotatable bonds is 8. The van der Waals surface area contributed by atoms with Crippen LogP contribution in [0.25, 0.3) is 0 Å². The fourth-order valence-corrected chi connectivity index (χ4v) is 1.04. The normalized spacial score (nSPS) is 10.7. The summed E-state index contributed by atoms with van der Waals surface area (Å²) in [4.78, 5) is 12.4. The van der Waals surface area contributed by atoms with Gasteiger partial charge in [0.25, 0.3) is 0 Å². The standard InChI is InChI=1S/C8H19N3O2/c1-10-4-7-11(6-3-9)5-2-8(12)13/h10H,2-7,9H2,1H3,(H,12,13). The smallest absolute Gasteiger partial charge is 0.304 e. The van der Waals surface area contributed by atoms with Crippen LogP contribution in [0.2, 0.25) is 0 Å². The Labute approximate surface area is 78.9 Å². The molecule has 0 unspecified atom stereocenters. The molecule has 0 atom stereocenters. The zero-order valence-electron chi connectivity index (χ0n) is 8.12. The molecule has 0 aromatic rings. The highest BCUT2D eigenvalue weighted by molar-refractivity contribution is 5.66. The predicted molar refractivity (Wildman–Crippen MR) is 51.7 cm³/mol. The van der Waals surface area contributed by atoms with Gasteiger partial charge in [0.2, 0.25) is 0 Å². The summed E-state index contributed by atoms with van der Waals surface area (Å²) < 4.78 is 0. The molecule has 0 aromatic carbocycles. The quantitative estimate of drug-likeness (QED) is 0.453. The molecule has 13 heavy (non-hydrogen) atoms. The molecule has 0 fully saturated rings. The lowest BCUT2D eigenvalue weighted by atomic mass is 10.3. The van der Waals surface area contributed by atoms with Crippen molar-refractivity contribution in [3.05, 3.63) is 0 Å². The monoisotopic (exact) mass is 189 g/mol. The van der Waals surface area contributed by atoms with Gasteiger partial charge in [0.1, 0.15) is 0 Å². The van der Waals surface area contributed by atoms with E-state index in [1.807, 2.05) is 11.9 Å². The summed E-state index contributed by atoms with van der Waals surface area (Å²) >= 11 is 0. The van der Waals surface area contributed by atoms with Crippen LogP contribution >= 0.6 is 0 Å². The second-order valence-corrected chi connectivity index (χ2v) is 2.88. The Bertz CT molecular complexity index is 141. The topological polar surface area (TPSA) is 78.6 Å². The number of nitrogens with one attached hydrogen (secondary N) is 1. The van der Waals surface area contributed by atoms with E-state index in [1.54, 1.807) is 0 Å². The Kier molecular flexibility index (Phi) is 7.57. The fourth-order valence-electron chi connectivity index (χ4n) is 1.04. The van der Waals surface area contributed by atoms with Gasteiger partial charge in [-0.2, -0.15) is 0 Å². The molecule has 5 heteroatoms. The number of hydrogen-bond donors (Lipinski definition) is 3. The van der Waals surface area contributed by atoms with Crippen LogP contribution in [0.3, 0.4) is 0 Å². The molecule has 0 heterocycles. The molecule has 0 aromatic heterocycles. The average Bonchev–Trinajstić information content (AvgIpc) is 2.09. The molecule has 0 saturated heterocycles. The van der Waals surface area contributed by atoms with Gasteiger partial charge in [-0.3, -0.25) is 4.79 Å². The molecular formula is C8H19N3O2. The molecule has 0 spiro atoms. The van der Waals surface area contributed by atoms with Crippen molar-refractivity contribution in [2.24, 2.45) is 5.73 Å². The Hall–Kier alpha value is -0.650. The molecule has 78 valence electrons. The maximum atomic E-state index is 10.3. The molecule has 0 rings (SSSR count). The highest BCUT2D eigenvalue weighted by Crippen LogP contribution is 1.89. The number of likely N-dealkylation sites (N-methyl/N-ethyl adjacent to an activating group) is 1. The second-order valence-electron chi connectivity index (χ2n) is 2.88. The van der Waals surface area contributed by atoms with E-state index >= 15 is 0 Å². The van der Waals surface area contributed by atoms with Crippen LogP contribution in [-0.2, 0) is 4.79 Å². The third-order valence-corrected chi connectivity index (χ3v) is 1.77. The minimum Gasteiger partial charge on any atom is -0.481 e. The third-order valence-electron chi connectivity index (χ3n) is 1.77. The summed E-state index contributed by atoms with van der Waals surface area (Å²) in [5.74, 6) is -0.758. The van der Waals surface area contributed by atoms with E-state index in [1.165, 1.54) is 0 Å². The maximum Gasteiger partial charge on any atom is 0.304 e. The second kappa shape index (κ2) is 7.97. The van der Waals surface area contributed by atoms with E-state index in [4.69, 9.17) is 10.8 Å². The van der Waals surface area contributed by atoms with Gasteiger partial charge >= 0.3 is 5.97 Å². The number of nitrogens with two attached hydrogens (primary N) is 1. The van der Waals surface area contributed by atoms with Crippen LogP contribution in [0.4, 0.5) is 0 Å². The van der Waals surface area contributed by atoms with E-state index < -0.39 is 5.97 Å². The van der Waals surface area contributed by atoms with E-state index in [0.717, 1.165) is 19.6 Å². The Morgan fingerprint density at radius 1 is 1.46 bits per heavy atom.